The molecule has 0 unspecified atom stereocenters. The van der Waals surface area contributed by atoms with E-state index in [0.29, 0.717) is 5.56 Å². The molecule has 1 saturated carbocycles. The molecule has 1 aromatic carbocycles. The molecule has 1 N–H and O–H groups in total. The van der Waals surface area contributed by atoms with Crippen molar-refractivity contribution in [3.8, 4) is 0 Å². The van der Waals surface area contributed by atoms with Crippen molar-refractivity contribution in [1.29, 1.82) is 0 Å². The lowest BCUT2D eigenvalue weighted by atomic mass is 9.78. The quantitative estimate of drug-likeness (QED) is 0.807. The molecule has 1 aliphatic heterocycles. The summed E-state index contributed by atoms with van der Waals surface area (Å²) in [4.78, 5) is 25.7. The fourth-order valence-corrected chi connectivity index (χ4v) is 3.49. The molecule has 0 radical (unpaired) electrons. The van der Waals surface area contributed by atoms with E-state index in [1.807, 2.05) is 6.92 Å². The van der Waals surface area contributed by atoms with Gasteiger partial charge in [0, 0.05) is 17.6 Å². The van der Waals surface area contributed by atoms with Gasteiger partial charge in [0.15, 0.2) is 0 Å². The van der Waals surface area contributed by atoms with Gasteiger partial charge in [-0.1, -0.05) is 0 Å². The van der Waals surface area contributed by atoms with Crippen LogP contribution in [0.4, 0.5) is 18.0 Å². The standard InChI is InChI=1S/C20H25F3N2O3/c1-18(2,3)28-17(27)25-11-14-13(16(25)26)8-12(9-15(14)20(21,22)23)10-24-19(4)6-5-7-19/h8-9,24H,5-7,10-11H2,1-4H3. The highest BCUT2D eigenvalue weighted by Gasteiger charge is 2.43. The zero-order valence-electron chi connectivity index (χ0n) is 16.5. The molecule has 1 heterocycles. The van der Waals surface area contributed by atoms with Crippen molar-refractivity contribution in [2.45, 2.75) is 77.4 Å². The normalized spacial score (nSPS) is 18.7. The van der Waals surface area contributed by atoms with Crippen LogP contribution in [0, 0.1) is 0 Å². The first-order valence-corrected chi connectivity index (χ1v) is 9.32. The van der Waals surface area contributed by atoms with Crippen LogP contribution in [-0.2, 0) is 24.0 Å². The van der Waals surface area contributed by atoms with Gasteiger partial charge in [0.25, 0.3) is 5.91 Å². The highest BCUT2D eigenvalue weighted by Crippen LogP contribution is 2.39. The zero-order chi connectivity index (χ0) is 20.9. The monoisotopic (exact) mass is 398 g/mol. The Morgan fingerprint density at radius 3 is 2.39 bits per heavy atom. The molecule has 2 amide bonds. The van der Waals surface area contributed by atoms with Gasteiger partial charge in [-0.05, 0) is 70.2 Å². The number of ether oxygens (including phenoxy) is 1. The van der Waals surface area contributed by atoms with Crippen LogP contribution in [0.15, 0.2) is 12.1 Å². The minimum absolute atomic E-state index is 0.0794. The van der Waals surface area contributed by atoms with Crippen molar-refractivity contribution in [1.82, 2.24) is 10.2 Å². The molecule has 28 heavy (non-hydrogen) atoms. The van der Waals surface area contributed by atoms with Crippen molar-refractivity contribution in [3.05, 3.63) is 34.4 Å². The summed E-state index contributed by atoms with van der Waals surface area (Å²) < 4.78 is 46.1. The van der Waals surface area contributed by atoms with Gasteiger partial charge in [-0.15, -0.1) is 0 Å². The molecule has 1 aromatic rings. The molecule has 154 valence electrons. The molecule has 0 atom stereocenters. The Kier molecular flexibility index (Phi) is 4.98. The fourth-order valence-electron chi connectivity index (χ4n) is 3.49. The lowest BCUT2D eigenvalue weighted by Crippen LogP contribution is -2.47. The van der Waals surface area contributed by atoms with Gasteiger partial charge in [0.2, 0.25) is 0 Å². The third-order valence-corrected chi connectivity index (χ3v) is 5.20. The Morgan fingerprint density at radius 1 is 1.25 bits per heavy atom. The number of carbonyl (C=O) groups excluding carboxylic acids is 2. The molecule has 5 nitrogen and oxygen atoms in total. The maximum absolute atomic E-state index is 13.6. The van der Waals surface area contributed by atoms with Crippen LogP contribution in [0.1, 0.15) is 74.0 Å². The molecule has 2 aliphatic rings. The van der Waals surface area contributed by atoms with Crippen molar-refractivity contribution in [2.24, 2.45) is 0 Å². The van der Waals surface area contributed by atoms with E-state index in [-0.39, 0.29) is 23.2 Å². The smallest absolute Gasteiger partial charge is 0.417 e. The Bertz CT molecular complexity index is 808. The summed E-state index contributed by atoms with van der Waals surface area (Å²) in [5, 5.41) is 3.28. The van der Waals surface area contributed by atoms with Crippen LogP contribution in [0.2, 0.25) is 0 Å². The summed E-state index contributed by atoms with van der Waals surface area (Å²) >= 11 is 0. The van der Waals surface area contributed by atoms with Gasteiger partial charge in [-0.2, -0.15) is 13.2 Å². The summed E-state index contributed by atoms with van der Waals surface area (Å²) in [6.07, 6.45) is -2.54. The number of imide groups is 1. The van der Waals surface area contributed by atoms with E-state index in [4.69, 9.17) is 4.74 Å². The highest BCUT2D eigenvalue weighted by molar-refractivity contribution is 6.06. The summed E-state index contributed by atoms with van der Waals surface area (Å²) in [5.74, 6) is -0.758. The topological polar surface area (TPSA) is 58.6 Å². The maximum atomic E-state index is 13.6. The second-order valence-corrected chi connectivity index (χ2v) is 8.81. The summed E-state index contributed by atoms with van der Waals surface area (Å²) in [5.41, 5.74) is -1.70. The number of fused-ring (bicyclic) bond motifs is 1. The van der Waals surface area contributed by atoms with E-state index in [1.54, 1.807) is 20.8 Å². The van der Waals surface area contributed by atoms with Crippen molar-refractivity contribution in [3.63, 3.8) is 0 Å². The number of hydrogen-bond donors (Lipinski definition) is 1. The SMILES string of the molecule is CC1(NCc2cc3c(c(C(F)(F)F)c2)CN(C(=O)OC(C)(C)C)C3=O)CCC1. The van der Waals surface area contributed by atoms with Gasteiger partial charge in [-0.3, -0.25) is 4.79 Å². The average Bonchev–Trinajstić information content (AvgIpc) is 2.85. The summed E-state index contributed by atoms with van der Waals surface area (Å²) in [7, 11) is 0. The molecule has 3 rings (SSSR count). The highest BCUT2D eigenvalue weighted by atomic mass is 19.4. The molecule has 0 saturated heterocycles. The van der Waals surface area contributed by atoms with E-state index >= 15 is 0 Å². The third kappa shape index (κ3) is 4.16. The van der Waals surface area contributed by atoms with E-state index in [1.165, 1.54) is 6.07 Å². The fraction of sp³-hybridized carbons (Fsp3) is 0.600. The molecule has 8 heteroatoms. The Labute approximate surface area is 162 Å². The van der Waals surface area contributed by atoms with Crippen LogP contribution >= 0.6 is 0 Å². The molecular weight excluding hydrogens is 373 g/mol. The van der Waals surface area contributed by atoms with E-state index in [2.05, 4.69) is 5.32 Å². The van der Waals surface area contributed by atoms with Crippen molar-refractivity contribution >= 4 is 12.0 Å². The first kappa shape index (κ1) is 20.6. The predicted octanol–water partition coefficient (Wildman–Crippen LogP) is 4.63. The Morgan fingerprint density at radius 2 is 1.89 bits per heavy atom. The van der Waals surface area contributed by atoms with Crippen LogP contribution < -0.4 is 5.32 Å². The van der Waals surface area contributed by atoms with E-state index < -0.39 is 35.9 Å². The average molecular weight is 398 g/mol. The van der Waals surface area contributed by atoms with E-state index in [0.717, 1.165) is 30.2 Å². The second-order valence-electron chi connectivity index (χ2n) is 8.81. The van der Waals surface area contributed by atoms with Crippen LogP contribution in [0.3, 0.4) is 0 Å². The number of halogens is 3. The van der Waals surface area contributed by atoms with Gasteiger partial charge >= 0.3 is 12.3 Å². The molecule has 1 aliphatic carbocycles. The Balaban J connectivity index is 1.90. The number of amides is 2. The van der Waals surface area contributed by atoms with Crippen LogP contribution in [-0.4, -0.2) is 28.0 Å². The van der Waals surface area contributed by atoms with Crippen molar-refractivity contribution < 1.29 is 27.5 Å². The minimum Gasteiger partial charge on any atom is -0.443 e. The summed E-state index contributed by atoms with van der Waals surface area (Å²) in [6, 6.07) is 2.52. The molecule has 0 spiro atoms. The largest absolute Gasteiger partial charge is 0.443 e. The molecule has 0 aromatic heterocycles. The lowest BCUT2D eigenvalue weighted by molar-refractivity contribution is -0.138. The summed E-state index contributed by atoms with van der Waals surface area (Å²) in [6.45, 7) is 6.71. The number of alkyl halides is 3. The lowest BCUT2D eigenvalue weighted by Gasteiger charge is -2.39. The maximum Gasteiger partial charge on any atom is 0.417 e. The van der Waals surface area contributed by atoms with Crippen LogP contribution in [0.25, 0.3) is 0 Å². The number of nitrogens with zero attached hydrogens (tertiary/aromatic N) is 1. The predicted molar refractivity (Wildman–Crippen MR) is 96.6 cm³/mol. The molecule has 1 fully saturated rings. The van der Waals surface area contributed by atoms with Gasteiger partial charge in [-0.25, -0.2) is 9.69 Å². The van der Waals surface area contributed by atoms with Gasteiger partial charge in [0.05, 0.1) is 12.1 Å². The number of hydrogen-bond acceptors (Lipinski definition) is 4. The number of carbonyl (C=O) groups is 2. The third-order valence-electron chi connectivity index (χ3n) is 5.20. The van der Waals surface area contributed by atoms with Gasteiger partial charge in [0.1, 0.15) is 5.60 Å². The second kappa shape index (κ2) is 6.76. The van der Waals surface area contributed by atoms with Crippen molar-refractivity contribution in [2.75, 3.05) is 0 Å². The number of nitrogens with one attached hydrogen (secondary N) is 1. The van der Waals surface area contributed by atoms with Crippen LogP contribution in [0.5, 0.6) is 0 Å². The van der Waals surface area contributed by atoms with E-state index in [9.17, 15) is 22.8 Å². The first-order chi connectivity index (χ1) is 12.8. The molecule has 0 bridgehead atoms. The molecular formula is C20H25F3N2O3. The Hall–Kier alpha value is -2.09. The minimum atomic E-state index is -4.62. The van der Waals surface area contributed by atoms with Gasteiger partial charge < -0.3 is 10.1 Å². The number of benzene rings is 1. The first-order valence-electron chi connectivity index (χ1n) is 9.32. The number of rotatable bonds is 3. The zero-order valence-corrected chi connectivity index (χ0v) is 16.5.